The molecule has 9 heteroatoms. The van der Waals surface area contributed by atoms with E-state index in [1.165, 1.54) is 17.5 Å². The zero-order chi connectivity index (χ0) is 19.3. The predicted octanol–water partition coefficient (Wildman–Crippen LogP) is 2.36. The van der Waals surface area contributed by atoms with Crippen molar-refractivity contribution in [3.63, 3.8) is 0 Å². The number of non-ortho nitro benzene ring substituents is 1. The topological polar surface area (TPSA) is 93.0 Å². The number of ether oxygens (including phenoxy) is 1. The number of nitro groups is 1. The quantitative estimate of drug-likeness (QED) is 0.516. The van der Waals surface area contributed by atoms with Gasteiger partial charge in [0.15, 0.2) is 0 Å². The van der Waals surface area contributed by atoms with Crippen molar-refractivity contribution in [1.82, 2.24) is 4.90 Å². The standard InChI is InChI=1S/C17H21N3O5S/c1-18(2)11-12-19(14-7-5-4-6-8-14)26(23,24)17-10-9-15(20(21)22)13-16(17)25-3/h4-10,13H,11-12H2,1-3H3. The Balaban J connectivity index is 2.54. The molecule has 0 bridgehead atoms. The SMILES string of the molecule is COc1cc([N+](=O)[O-])ccc1S(=O)(=O)N(CCN(C)C)c1ccccc1. The van der Waals surface area contributed by atoms with Crippen LogP contribution in [0.15, 0.2) is 53.4 Å². The summed E-state index contributed by atoms with van der Waals surface area (Å²) in [5.41, 5.74) is 0.273. The first-order valence-electron chi connectivity index (χ1n) is 7.82. The molecule has 26 heavy (non-hydrogen) atoms. The Morgan fingerprint density at radius 2 is 1.73 bits per heavy atom. The van der Waals surface area contributed by atoms with Crippen LogP contribution in [0.25, 0.3) is 0 Å². The summed E-state index contributed by atoms with van der Waals surface area (Å²) in [4.78, 5) is 12.1. The van der Waals surface area contributed by atoms with E-state index in [0.29, 0.717) is 12.2 Å². The second-order valence-electron chi connectivity index (χ2n) is 5.81. The van der Waals surface area contributed by atoms with Gasteiger partial charge in [-0.1, -0.05) is 18.2 Å². The number of para-hydroxylation sites is 1. The lowest BCUT2D eigenvalue weighted by atomic mass is 10.3. The molecule has 2 aromatic rings. The highest BCUT2D eigenvalue weighted by atomic mass is 32.2. The molecule has 0 aliphatic carbocycles. The molecule has 0 spiro atoms. The third-order valence-electron chi connectivity index (χ3n) is 3.72. The molecule has 0 fully saturated rings. The summed E-state index contributed by atoms with van der Waals surface area (Å²) in [6, 6.07) is 12.2. The zero-order valence-electron chi connectivity index (χ0n) is 14.8. The maximum Gasteiger partial charge on any atom is 0.273 e. The number of likely N-dealkylation sites (N-methyl/N-ethyl adjacent to an activating group) is 1. The fourth-order valence-corrected chi connectivity index (χ4v) is 3.97. The Morgan fingerprint density at radius 1 is 1.08 bits per heavy atom. The molecule has 0 heterocycles. The van der Waals surface area contributed by atoms with Gasteiger partial charge >= 0.3 is 0 Å². The van der Waals surface area contributed by atoms with Crippen molar-refractivity contribution in [2.75, 3.05) is 38.6 Å². The normalized spacial score (nSPS) is 11.4. The molecule has 8 nitrogen and oxygen atoms in total. The minimum atomic E-state index is -3.98. The Kier molecular flexibility index (Phi) is 6.17. The van der Waals surface area contributed by atoms with Crippen LogP contribution in [0.4, 0.5) is 11.4 Å². The predicted molar refractivity (Wildman–Crippen MR) is 99.2 cm³/mol. The van der Waals surface area contributed by atoms with Crippen LogP contribution in [0.5, 0.6) is 5.75 Å². The zero-order valence-corrected chi connectivity index (χ0v) is 15.6. The molecule has 140 valence electrons. The van der Waals surface area contributed by atoms with Gasteiger partial charge in [0.1, 0.15) is 10.6 Å². The highest BCUT2D eigenvalue weighted by molar-refractivity contribution is 7.93. The van der Waals surface area contributed by atoms with E-state index in [9.17, 15) is 18.5 Å². The van der Waals surface area contributed by atoms with Crippen LogP contribution in [0.3, 0.4) is 0 Å². The molecule has 0 atom stereocenters. The van der Waals surface area contributed by atoms with Gasteiger partial charge in [-0.05, 0) is 32.3 Å². The highest BCUT2D eigenvalue weighted by Gasteiger charge is 2.29. The number of methoxy groups -OCH3 is 1. The third-order valence-corrected chi connectivity index (χ3v) is 5.59. The van der Waals surface area contributed by atoms with Gasteiger partial charge in [0.25, 0.3) is 15.7 Å². The van der Waals surface area contributed by atoms with E-state index in [2.05, 4.69) is 0 Å². The molecule has 0 amide bonds. The lowest BCUT2D eigenvalue weighted by molar-refractivity contribution is -0.385. The number of rotatable bonds is 8. The van der Waals surface area contributed by atoms with Crippen molar-refractivity contribution < 1.29 is 18.1 Å². The molecular weight excluding hydrogens is 358 g/mol. The summed E-state index contributed by atoms with van der Waals surface area (Å²) in [5.74, 6) is -0.0648. The first-order valence-corrected chi connectivity index (χ1v) is 9.26. The maximum atomic E-state index is 13.3. The van der Waals surface area contributed by atoms with E-state index in [-0.39, 0.29) is 22.9 Å². The number of hydrogen-bond acceptors (Lipinski definition) is 6. The van der Waals surface area contributed by atoms with Crippen molar-refractivity contribution >= 4 is 21.4 Å². The van der Waals surface area contributed by atoms with Crippen LogP contribution in [-0.2, 0) is 10.0 Å². The van der Waals surface area contributed by atoms with Crippen molar-refractivity contribution in [2.45, 2.75) is 4.90 Å². The van der Waals surface area contributed by atoms with Crippen molar-refractivity contribution in [3.05, 3.63) is 58.6 Å². The van der Waals surface area contributed by atoms with E-state index in [0.717, 1.165) is 12.1 Å². The van der Waals surface area contributed by atoms with E-state index < -0.39 is 14.9 Å². The van der Waals surface area contributed by atoms with Gasteiger partial charge in [0, 0.05) is 19.2 Å². The maximum absolute atomic E-state index is 13.3. The first-order chi connectivity index (χ1) is 12.3. The lowest BCUT2D eigenvalue weighted by Gasteiger charge is -2.26. The molecule has 0 saturated heterocycles. The number of hydrogen-bond donors (Lipinski definition) is 0. The minimum absolute atomic E-state index is 0.0648. The molecule has 2 aromatic carbocycles. The molecule has 2 rings (SSSR count). The molecule has 0 unspecified atom stereocenters. The lowest BCUT2D eigenvalue weighted by Crippen LogP contribution is -2.37. The number of nitro benzene ring substituents is 1. The van der Waals surface area contributed by atoms with Gasteiger partial charge in [0.05, 0.1) is 23.8 Å². The fourth-order valence-electron chi connectivity index (χ4n) is 2.37. The second kappa shape index (κ2) is 8.15. The van der Waals surface area contributed by atoms with Gasteiger partial charge in [0.2, 0.25) is 0 Å². The van der Waals surface area contributed by atoms with E-state index >= 15 is 0 Å². The minimum Gasteiger partial charge on any atom is -0.495 e. The van der Waals surface area contributed by atoms with Gasteiger partial charge in [-0.25, -0.2) is 8.42 Å². The van der Waals surface area contributed by atoms with Crippen molar-refractivity contribution in [3.8, 4) is 5.75 Å². The summed E-state index contributed by atoms with van der Waals surface area (Å²) in [7, 11) is 1.01. The van der Waals surface area contributed by atoms with Gasteiger partial charge < -0.3 is 9.64 Å². The Bertz CT molecular complexity index is 869. The van der Waals surface area contributed by atoms with Crippen LogP contribution in [0.2, 0.25) is 0 Å². The molecule has 0 N–H and O–H groups in total. The van der Waals surface area contributed by atoms with E-state index in [1.54, 1.807) is 30.3 Å². The van der Waals surface area contributed by atoms with Crippen LogP contribution in [0, 0.1) is 10.1 Å². The molecule has 0 aliphatic heterocycles. The largest absolute Gasteiger partial charge is 0.495 e. The Labute approximate surface area is 152 Å². The van der Waals surface area contributed by atoms with Crippen LogP contribution in [0.1, 0.15) is 0 Å². The Morgan fingerprint density at radius 3 is 2.27 bits per heavy atom. The molecular formula is C17H21N3O5S. The molecule has 0 aliphatic rings. The summed E-state index contributed by atoms with van der Waals surface area (Å²) < 4.78 is 32.9. The number of nitrogens with zero attached hydrogens (tertiary/aromatic N) is 3. The Hall–Kier alpha value is -2.65. The van der Waals surface area contributed by atoms with Crippen LogP contribution < -0.4 is 9.04 Å². The van der Waals surface area contributed by atoms with Gasteiger partial charge in [-0.2, -0.15) is 0 Å². The summed E-state index contributed by atoms with van der Waals surface area (Å²) in [6.07, 6.45) is 0. The van der Waals surface area contributed by atoms with E-state index in [4.69, 9.17) is 4.74 Å². The molecule has 0 saturated carbocycles. The number of anilines is 1. The van der Waals surface area contributed by atoms with Crippen LogP contribution in [-0.4, -0.2) is 52.5 Å². The summed E-state index contributed by atoms with van der Waals surface area (Å²) in [6.45, 7) is 0.725. The number of sulfonamides is 1. The van der Waals surface area contributed by atoms with Gasteiger partial charge in [-0.3, -0.25) is 14.4 Å². The summed E-state index contributed by atoms with van der Waals surface area (Å²) >= 11 is 0. The second-order valence-corrected chi connectivity index (χ2v) is 7.64. The monoisotopic (exact) mass is 379 g/mol. The van der Waals surface area contributed by atoms with Crippen molar-refractivity contribution in [2.24, 2.45) is 0 Å². The molecule has 0 aromatic heterocycles. The smallest absolute Gasteiger partial charge is 0.273 e. The van der Waals surface area contributed by atoms with Gasteiger partial charge in [-0.15, -0.1) is 0 Å². The first kappa shape index (κ1) is 19.7. The summed E-state index contributed by atoms with van der Waals surface area (Å²) in [5, 5.41) is 10.9. The number of benzene rings is 2. The van der Waals surface area contributed by atoms with Crippen molar-refractivity contribution in [1.29, 1.82) is 0 Å². The average molecular weight is 379 g/mol. The van der Waals surface area contributed by atoms with Crippen LogP contribution >= 0.6 is 0 Å². The average Bonchev–Trinajstić information content (AvgIpc) is 2.61. The molecule has 0 radical (unpaired) electrons. The third kappa shape index (κ3) is 4.30. The fraction of sp³-hybridized carbons (Fsp3) is 0.294. The highest BCUT2D eigenvalue weighted by Crippen LogP contribution is 2.32. The van der Waals surface area contributed by atoms with E-state index in [1.807, 2.05) is 19.0 Å².